The number of nitrogens with one attached hydrogen (secondary N) is 1. The molecule has 0 radical (unpaired) electrons. The van der Waals surface area contributed by atoms with E-state index in [1.165, 1.54) is 25.0 Å². The Morgan fingerprint density at radius 1 is 1.50 bits per heavy atom. The van der Waals surface area contributed by atoms with Crippen molar-refractivity contribution in [3.8, 4) is 0 Å². The van der Waals surface area contributed by atoms with Crippen molar-refractivity contribution in [2.24, 2.45) is 0 Å². The van der Waals surface area contributed by atoms with Crippen LogP contribution in [0.3, 0.4) is 0 Å². The molecule has 6 heteroatoms. The number of halogens is 1. The maximum absolute atomic E-state index is 13.4. The molecule has 20 heavy (non-hydrogen) atoms. The van der Waals surface area contributed by atoms with Gasteiger partial charge in [-0.2, -0.15) is 4.39 Å². The number of rotatable bonds is 8. The molecule has 0 unspecified atom stereocenters. The van der Waals surface area contributed by atoms with E-state index in [1.807, 2.05) is 0 Å². The van der Waals surface area contributed by atoms with Gasteiger partial charge in [0.05, 0.1) is 4.92 Å². The first-order valence-corrected chi connectivity index (χ1v) is 6.99. The second-order valence-electron chi connectivity index (χ2n) is 5.08. The van der Waals surface area contributed by atoms with Crippen LogP contribution in [0.2, 0.25) is 0 Å². The van der Waals surface area contributed by atoms with Gasteiger partial charge in [-0.25, -0.2) is 0 Å². The van der Waals surface area contributed by atoms with Crippen LogP contribution < -0.4 is 5.32 Å². The lowest BCUT2D eigenvalue weighted by molar-refractivity contribution is -0.387. The number of likely N-dealkylation sites (N-methyl/N-ethyl adjacent to an activating group) is 1. The van der Waals surface area contributed by atoms with Crippen LogP contribution in [0.5, 0.6) is 0 Å². The van der Waals surface area contributed by atoms with Crippen molar-refractivity contribution in [1.82, 2.24) is 10.2 Å². The molecular weight excluding hydrogens is 261 g/mol. The van der Waals surface area contributed by atoms with E-state index in [9.17, 15) is 14.5 Å². The Kier molecular flexibility index (Phi) is 5.03. The minimum atomic E-state index is -0.775. The summed E-state index contributed by atoms with van der Waals surface area (Å²) in [4.78, 5) is 12.2. The first kappa shape index (κ1) is 14.9. The third-order valence-electron chi connectivity index (χ3n) is 3.58. The Morgan fingerprint density at radius 2 is 2.25 bits per heavy atom. The fourth-order valence-corrected chi connectivity index (χ4v) is 2.30. The average Bonchev–Trinajstić information content (AvgIpc) is 3.23. The summed E-state index contributed by atoms with van der Waals surface area (Å²) in [5, 5.41) is 13.8. The molecule has 1 saturated carbocycles. The van der Waals surface area contributed by atoms with Gasteiger partial charge in [0.15, 0.2) is 0 Å². The standard InChI is InChI=1S/C14H20FN3O2/c1-2-17(12-4-5-12)8-7-16-10-11-3-6-14(18(19)20)13(15)9-11/h3,6,9,12,16H,2,4-5,7-8,10H2,1H3. The van der Waals surface area contributed by atoms with Gasteiger partial charge in [-0.3, -0.25) is 15.0 Å². The molecule has 2 rings (SSSR count). The maximum atomic E-state index is 13.4. The molecule has 0 atom stereocenters. The normalized spacial score (nSPS) is 14.8. The van der Waals surface area contributed by atoms with Gasteiger partial charge in [-0.1, -0.05) is 13.0 Å². The van der Waals surface area contributed by atoms with E-state index < -0.39 is 16.4 Å². The van der Waals surface area contributed by atoms with Crippen LogP contribution in [0.1, 0.15) is 25.3 Å². The van der Waals surface area contributed by atoms with E-state index in [1.54, 1.807) is 6.07 Å². The predicted octanol–water partition coefficient (Wildman–Crippen LogP) is 2.31. The van der Waals surface area contributed by atoms with Crippen LogP contribution in [0.4, 0.5) is 10.1 Å². The van der Waals surface area contributed by atoms with Crippen molar-refractivity contribution in [1.29, 1.82) is 0 Å². The minimum Gasteiger partial charge on any atom is -0.311 e. The molecule has 0 amide bonds. The molecule has 0 bridgehead atoms. The third kappa shape index (κ3) is 3.98. The number of benzene rings is 1. The summed E-state index contributed by atoms with van der Waals surface area (Å²) >= 11 is 0. The fraction of sp³-hybridized carbons (Fsp3) is 0.571. The summed E-state index contributed by atoms with van der Waals surface area (Å²) in [5.41, 5.74) is 0.252. The second kappa shape index (κ2) is 6.76. The van der Waals surface area contributed by atoms with Gasteiger partial charge < -0.3 is 5.32 Å². The van der Waals surface area contributed by atoms with E-state index in [2.05, 4.69) is 17.1 Å². The highest BCUT2D eigenvalue weighted by atomic mass is 19.1. The third-order valence-corrected chi connectivity index (χ3v) is 3.58. The summed E-state index contributed by atoms with van der Waals surface area (Å²) in [6.45, 7) is 5.55. The Morgan fingerprint density at radius 3 is 2.80 bits per heavy atom. The molecule has 1 aliphatic carbocycles. The molecule has 0 spiro atoms. The van der Waals surface area contributed by atoms with E-state index in [0.717, 1.165) is 31.2 Å². The van der Waals surface area contributed by atoms with Gasteiger partial charge in [0.1, 0.15) is 0 Å². The highest BCUT2D eigenvalue weighted by molar-refractivity contribution is 5.34. The summed E-state index contributed by atoms with van der Waals surface area (Å²) in [5.74, 6) is -0.775. The zero-order chi connectivity index (χ0) is 14.5. The molecule has 1 aromatic rings. The van der Waals surface area contributed by atoms with Crippen LogP contribution in [0.25, 0.3) is 0 Å². The lowest BCUT2D eigenvalue weighted by Gasteiger charge is -2.19. The molecule has 1 aliphatic rings. The highest BCUT2D eigenvalue weighted by Gasteiger charge is 2.26. The Hall–Kier alpha value is -1.53. The van der Waals surface area contributed by atoms with Gasteiger partial charge in [-0.15, -0.1) is 0 Å². The van der Waals surface area contributed by atoms with E-state index in [0.29, 0.717) is 6.54 Å². The van der Waals surface area contributed by atoms with Crippen molar-refractivity contribution in [3.05, 3.63) is 39.7 Å². The molecule has 110 valence electrons. The molecular formula is C14H20FN3O2. The summed E-state index contributed by atoms with van der Waals surface area (Å²) < 4.78 is 13.4. The first-order valence-electron chi connectivity index (χ1n) is 6.99. The Balaban J connectivity index is 1.76. The molecule has 0 aliphatic heterocycles. The van der Waals surface area contributed by atoms with Crippen LogP contribution in [-0.4, -0.2) is 35.5 Å². The Bertz CT molecular complexity index is 477. The zero-order valence-corrected chi connectivity index (χ0v) is 11.6. The average molecular weight is 281 g/mol. The van der Waals surface area contributed by atoms with Crippen molar-refractivity contribution >= 4 is 5.69 Å². The van der Waals surface area contributed by atoms with Crippen LogP contribution in [-0.2, 0) is 6.54 Å². The van der Waals surface area contributed by atoms with Gasteiger partial charge in [-0.05, 0) is 31.0 Å². The van der Waals surface area contributed by atoms with E-state index >= 15 is 0 Å². The van der Waals surface area contributed by atoms with Gasteiger partial charge in [0.25, 0.3) is 0 Å². The van der Waals surface area contributed by atoms with Crippen LogP contribution in [0.15, 0.2) is 18.2 Å². The topological polar surface area (TPSA) is 58.4 Å². The summed E-state index contributed by atoms with van der Waals surface area (Å²) in [7, 11) is 0. The van der Waals surface area contributed by atoms with Crippen molar-refractivity contribution in [3.63, 3.8) is 0 Å². The molecule has 5 nitrogen and oxygen atoms in total. The molecule has 0 heterocycles. The maximum Gasteiger partial charge on any atom is 0.304 e. The molecule has 1 aromatic carbocycles. The van der Waals surface area contributed by atoms with Crippen molar-refractivity contribution in [2.75, 3.05) is 19.6 Å². The molecule has 1 N–H and O–H groups in total. The fourth-order valence-electron chi connectivity index (χ4n) is 2.30. The molecule has 0 aromatic heterocycles. The second-order valence-corrected chi connectivity index (χ2v) is 5.08. The van der Waals surface area contributed by atoms with Gasteiger partial charge in [0.2, 0.25) is 5.82 Å². The number of nitro benzene ring substituents is 1. The first-order chi connectivity index (χ1) is 9.61. The Labute approximate surface area is 117 Å². The van der Waals surface area contributed by atoms with Gasteiger partial charge in [0, 0.05) is 31.7 Å². The minimum absolute atomic E-state index is 0.473. The monoisotopic (exact) mass is 281 g/mol. The molecule has 1 fully saturated rings. The SMILES string of the molecule is CCN(CCNCc1ccc([N+](=O)[O-])c(F)c1)C1CC1. The van der Waals surface area contributed by atoms with Crippen LogP contribution >= 0.6 is 0 Å². The van der Waals surface area contributed by atoms with Crippen molar-refractivity contribution in [2.45, 2.75) is 32.4 Å². The zero-order valence-electron chi connectivity index (χ0n) is 11.6. The number of nitrogens with zero attached hydrogens (tertiary/aromatic N) is 2. The smallest absolute Gasteiger partial charge is 0.304 e. The highest BCUT2D eigenvalue weighted by Crippen LogP contribution is 2.25. The summed E-state index contributed by atoms with van der Waals surface area (Å²) in [6.07, 6.45) is 2.59. The lowest BCUT2D eigenvalue weighted by atomic mass is 10.2. The van der Waals surface area contributed by atoms with Crippen LogP contribution in [0, 0.1) is 15.9 Å². The summed E-state index contributed by atoms with van der Waals surface area (Å²) in [6, 6.07) is 4.78. The number of hydrogen-bond acceptors (Lipinski definition) is 4. The number of hydrogen-bond donors (Lipinski definition) is 1. The quantitative estimate of drug-likeness (QED) is 0.451. The van der Waals surface area contributed by atoms with Gasteiger partial charge >= 0.3 is 5.69 Å². The predicted molar refractivity (Wildman–Crippen MR) is 75.0 cm³/mol. The molecule has 0 saturated heterocycles. The number of nitro groups is 1. The van der Waals surface area contributed by atoms with E-state index in [-0.39, 0.29) is 0 Å². The van der Waals surface area contributed by atoms with Crippen molar-refractivity contribution < 1.29 is 9.31 Å². The largest absolute Gasteiger partial charge is 0.311 e. The van der Waals surface area contributed by atoms with E-state index in [4.69, 9.17) is 0 Å². The lowest BCUT2D eigenvalue weighted by Crippen LogP contribution is -2.33.